The van der Waals surface area contributed by atoms with Gasteiger partial charge in [0.1, 0.15) is 5.75 Å². The molecule has 0 aromatic heterocycles. The predicted octanol–water partition coefficient (Wildman–Crippen LogP) is 3.48. The molecule has 1 aromatic carbocycles. The molecule has 3 rings (SSSR count). The lowest BCUT2D eigenvalue weighted by Crippen LogP contribution is -2.34. The average Bonchev–Trinajstić information content (AvgIpc) is 3.06. The van der Waals surface area contributed by atoms with Crippen LogP contribution in [-0.4, -0.2) is 19.7 Å². The Hall–Kier alpha value is -1.02. The topological polar surface area (TPSA) is 21.3 Å². The molecule has 2 heteroatoms. The summed E-state index contributed by atoms with van der Waals surface area (Å²) in [7, 11) is 0. The van der Waals surface area contributed by atoms with Crippen LogP contribution in [0.5, 0.6) is 5.75 Å². The van der Waals surface area contributed by atoms with Crippen LogP contribution < -0.4 is 10.1 Å². The maximum absolute atomic E-state index is 5.90. The fourth-order valence-corrected chi connectivity index (χ4v) is 3.74. The van der Waals surface area contributed by atoms with Gasteiger partial charge in [-0.1, -0.05) is 25.1 Å². The molecule has 2 aliphatic carbocycles. The maximum Gasteiger partial charge on any atom is 0.119 e. The first-order valence-corrected chi connectivity index (χ1v) is 7.70. The van der Waals surface area contributed by atoms with E-state index in [4.69, 9.17) is 4.74 Å². The molecule has 2 nitrogen and oxygen atoms in total. The number of fused-ring (bicyclic) bond motifs is 1. The highest BCUT2D eigenvalue weighted by Crippen LogP contribution is 2.60. The van der Waals surface area contributed by atoms with E-state index >= 15 is 0 Å². The Bertz CT molecular complexity index is 393. The van der Waals surface area contributed by atoms with E-state index in [1.54, 1.807) is 0 Å². The summed E-state index contributed by atoms with van der Waals surface area (Å²) in [5.74, 6) is 3.08. The minimum Gasteiger partial charge on any atom is -0.494 e. The quantitative estimate of drug-likeness (QED) is 0.809. The highest BCUT2D eigenvalue weighted by atomic mass is 16.5. The third kappa shape index (κ3) is 3.11. The van der Waals surface area contributed by atoms with Gasteiger partial charge in [-0.15, -0.1) is 0 Å². The number of para-hydroxylation sites is 1. The number of hydrogen-bond donors (Lipinski definition) is 1. The van der Waals surface area contributed by atoms with Crippen molar-refractivity contribution in [2.45, 2.75) is 32.6 Å². The first-order chi connectivity index (χ1) is 9.31. The van der Waals surface area contributed by atoms with E-state index in [1.165, 1.54) is 32.2 Å². The Balaban J connectivity index is 1.51. The van der Waals surface area contributed by atoms with E-state index in [1.807, 2.05) is 30.3 Å². The Morgan fingerprint density at radius 1 is 1.21 bits per heavy atom. The molecule has 2 aliphatic rings. The van der Waals surface area contributed by atoms with Crippen molar-refractivity contribution in [2.75, 3.05) is 19.7 Å². The van der Waals surface area contributed by atoms with Crippen LogP contribution in [0.1, 0.15) is 32.6 Å². The average molecular weight is 259 g/mol. The molecule has 0 amide bonds. The van der Waals surface area contributed by atoms with E-state index in [0.29, 0.717) is 5.41 Å². The lowest BCUT2D eigenvalue weighted by Gasteiger charge is -2.31. The van der Waals surface area contributed by atoms with E-state index in [0.717, 1.165) is 30.7 Å². The zero-order valence-corrected chi connectivity index (χ0v) is 11.9. The second-order valence-electron chi connectivity index (χ2n) is 6.36. The molecule has 2 atom stereocenters. The van der Waals surface area contributed by atoms with Gasteiger partial charge >= 0.3 is 0 Å². The van der Waals surface area contributed by atoms with Gasteiger partial charge < -0.3 is 10.1 Å². The largest absolute Gasteiger partial charge is 0.494 e. The van der Waals surface area contributed by atoms with Crippen molar-refractivity contribution in [3.05, 3.63) is 30.3 Å². The van der Waals surface area contributed by atoms with Gasteiger partial charge in [0.15, 0.2) is 0 Å². The van der Waals surface area contributed by atoms with Gasteiger partial charge in [0.05, 0.1) is 6.61 Å². The summed E-state index contributed by atoms with van der Waals surface area (Å²) >= 11 is 0. The van der Waals surface area contributed by atoms with Crippen LogP contribution >= 0.6 is 0 Å². The van der Waals surface area contributed by atoms with Crippen molar-refractivity contribution in [1.29, 1.82) is 0 Å². The Morgan fingerprint density at radius 3 is 2.63 bits per heavy atom. The first kappa shape index (κ1) is 13.0. The van der Waals surface area contributed by atoms with Gasteiger partial charge in [0, 0.05) is 6.54 Å². The number of hydrogen-bond acceptors (Lipinski definition) is 2. The third-order valence-electron chi connectivity index (χ3n) is 4.85. The summed E-state index contributed by atoms with van der Waals surface area (Å²) in [5, 5.41) is 3.57. The van der Waals surface area contributed by atoms with Gasteiger partial charge in [-0.25, -0.2) is 0 Å². The van der Waals surface area contributed by atoms with Crippen LogP contribution in [0, 0.1) is 17.3 Å². The van der Waals surface area contributed by atoms with Crippen LogP contribution in [0.25, 0.3) is 0 Å². The molecule has 0 aliphatic heterocycles. The van der Waals surface area contributed by atoms with Crippen molar-refractivity contribution in [3.63, 3.8) is 0 Å². The summed E-state index contributed by atoms with van der Waals surface area (Å²) in [4.78, 5) is 0. The molecule has 1 N–H and O–H groups in total. The van der Waals surface area contributed by atoms with Crippen LogP contribution in [0.2, 0.25) is 0 Å². The summed E-state index contributed by atoms with van der Waals surface area (Å²) < 4.78 is 5.90. The molecule has 0 spiro atoms. The SMILES string of the molecule is CCNCC1(CCOc2ccccc2)CC2CC2C1. The molecule has 2 fully saturated rings. The monoisotopic (exact) mass is 259 g/mol. The Labute approximate surface area is 116 Å². The highest BCUT2D eigenvalue weighted by molar-refractivity contribution is 5.20. The lowest BCUT2D eigenvalue weighted by molar-refractivity contribution is 0.177. The van der Waals surface area contributed by atoms with Crippen molar-refractivity contribution in [2.24, 2.45) is 17.3 Å². The standard InChI is InChI=1S/C17H25NO/c1-2-18-13-17(11-14-10-15(14)12-17)8-9-19-16-6-4-3-5-7-16/h3-7,14-15,18H,2,8-13H2,1H3. The number of benzene rings is 1. The molecule has 0 radical (unpaired) electrons. The van der Waals surface area contributed by atoms with E-state index < -0.39 is 0 Å². The second kappa shape index (κ2) is 5.54. The normalized spacial score (nSPS) is 32.1. The van der Waals surface area contributed by atoms with Crippen LogP contribution in [0.15, 0.2) is 30.3 Å². The number of rotatable bonds is 7. The van der Waals surface area contributed by atoms with Crippen LogP contribution in [0.3, 0.4) is 0 Å². The minimum absolute atomic E-state index is 0.512. The van der Waals surface area contributed by atoms with Gasteiger partial charge in [0.25, 0.3) is 0 Å². The fraction of sp³-hybridized carbons (Fsp3) is 0.647. The molecular formula is C17H25NO. The zero-order chi connectivity index (χ0) is 13.1. The van der Waals surface area contributed by atoms with Crippen molar-refractivity contribution >= 4 is 0 Å². The van der Waals surface area contributed by atoms with E-state index in [2.05, 4.69) is 12.2 Å². The molecule has 2 unspecified atom stereocenters. The van der Waals surface area contributed by atoms with Gasteiger partial charge in [-0.3, -0.25) is 0 Å². The van der Waals surface area contributed by atoms with E-state index in [9.17, 15) is 0 Å². The van der Waals surface area contributed by atoms with Crippen LogP contribution in [-0.2, 0) is 0 Å². The summed E-state index contributed by atoms with van der Waals surface area (Å²) in [6, 6.07) is 10.2. The first-order valence-electron chi connectivity index (χ1n) is 7.70. The molecule has 0 saturated heterocycles. The fourth-order valence-electron chi connectivity index (χ4n) is 3.74. The molecule has 0 bridgehead atoms. The zero-order valence-electron chi connectivity index (χ0n) is 11.9. The summed E-state index contributed by atoms with van der Waals surface area (Å²) in [5.41, 5.74) is 0.512. The maximum atomic E-state index is 5.90. The molecular weight excluding hydrogens is 234 g/mol. The Kier molecular flexibility index (Phi) is 3.79. The predicted molar refractivity (Wildman–Crippen MR) is 78.4 cm³/mol. The highest BCUT2D eigenvalue weighted by Gasteiger charge is 2.53. The lowest BCUT2D eigenvalue weighted by atomic mass is 9.80. The Morgan fingerprint density at radius 2 is 1.95 bits per heavy atom. The summed E-state index contributed by atoms with van der Waals surface area (Å²) in [6.45, 7) is 5.31. The van der Waals surface area contributed by atoms with Crippen molar-refractivity contribution in [3.8, 4) is 5.75 Å². The minimum atomic E-state index is 0.512. The molecule has 0 heterocycles. The summed E-state index contributed by atoms with van der Waals surface area (Å²) in [6.07, 6.45) is 5.53. The van der Waals surface area contributed by atoms with Crippen LogP contribution in [0.4, 0.5) is 0 Å². The third-order valence-corrected chi connectivity index (χ3v) is 4.85. The number of nitrogens with one attached hydrogen (secondary N) is 1. The number of ether oxygens (including phenoxy) is 1. The molecule has 1 aromatic rings. The molecule has 104 valence electrons. The van der Waals surface area contributed by atoms with Gasteiger partial charge in [-0.2, -0.15) is 0 Å². The van der Waals surface area contributed by atoms with Crippen molar-refractivity contribution in [1.82, 2.24) is 5.32 Å². The molecule has 19 heavy (non-hydrogen) atoms. The second-order valence-corrected chi connectivity index (χ2v) is 6.36. The smallest absolute Gasteiger partial charge is 0.119 e. The van der Waals surface area contributed by atoms with Gasteiger partial charge in [-0.05, 0) is 61.6 Å². The van der Waals surface area contributed by atoms with E-state index in [-0.39, 0.29) is 0 Å². The van der Waals surface area contributed by atoms with Crippen molar-refractivity contribution < 1.29 is 4.74 Å². The molecule has 2 saturated carbocycles. The van der Waals surface area contributed by atoms with Gasteiger partial charge in [0.2, 0.25) is 0 Å².